The molecule has 0 spiro atoms. The van der Waals surface area contributed by atoms with E-state index < -0.39 is 0 Å². The molecule has 1 atom stereocenters. The molecule has 0 saturated carbocycles. The Bertz CT molecular complexity index is 764. The van der Waals surface area contributed by atoms with E-state index >= 15 is 0 Å². The minimum atomic E-state index is -0.349. The number of benzene rings is 2. The van der Waals surface area contributed by atoms with Crippen LogP contribution in [0, 0.1) is 0 Å². The summed E-state index contributed by atoms with van der Waals surface area (Å²) in [5.74, 6) is 0.664. The number of halogens is 2. The molecule has 2 aromatic rings. The van der Waals surface area contributed by atoms with Crippen LogP contribution in [0.25, 0.3) is 0 Å². The van der Waals surface area contributed by atoms with Crippen molar-refractivity contribution in [2.24, 2.45) is 0 Å². The molecule has 2 aromatic carbocycles. The number of nitrogens with two attached hydrogens (primary N) is 1. The van der Waals surface area contributed by atoms with E-state index in [0.717, 1.165) is 15.8 Å². The fourth-order valence-electron chi connectivity index (χ4n) is 2.87. The molecular formula is C18H20BrClN2O2. The van der Waals surface area contributed by atoms with Crippen molar-refractivity contribution < 1.29 is 9.53 Å². The third-order valence-electron chi connectivity index (χ3n) is 3.88. The third-order valence-corrected chi connectivity index (χ3v) is 4.38. The number of amides is 1. The zero-order valence-electron chi connectivity index (χ0n) is 13.5. The zero-order chi connectivity index (χ0) is 16.6. The number of rotatable bonds is 2. The second-order valence-electron chi connectivity index (χ2n) is 6.40. The van der Waals surface area contributed by atoms with Crippen LogP contribution in [-0.4, -0.2) is 11.5 Å². The van der Waals surface area contributed by atoms with E-state index in [9.17, 15) is 4.79 Å². The van der Waals surface area contributed by atoms with E-state index in [2.05, 4.69) is 21.2 Å². The highest BCUT2D eigenvalue weighted by Crippen LogP contribution is 2.40. The summed E-state index contributed by atoms with van der Waals surface area (Å²) in [5, 5.41) is 3.11. The molecule has 1 aliphatic heterocycles. The lowest BCUT2D eigenvalue weighted by molar-refractivity contribution is 0.0620. The van der Waals surface area contributed by atoms with E-state index in [0.29, 0.717) is 17.7 Å². The predicted octanol–water partition coefficient (Wildman–Crippen LogP) is 4.49. The standard InChI is InChI=1S/C18H19BrN2O2.ClH/c1-18(2)10-15(14-9-13(20)6-7-16(14)23-18)21-17(22)11-4-3-5-12(19)8-11;/h3-9,15H,10,20H2,1-2H3,(H,21,22);1H. The van der Waals surface area contributed by atoms with Crippen LogP contribution in [-0.2, 0) is 0 Å². The Hall–Kier alpha value is -1.72. The van der Waals surface area contributed by atoms with Crippen molar-refractivity contribution >= 4 is 39.9 Å². The summed E-state index contributed by atoms with van der Waals surface area (Å²) < 4.78 is 6.87. The number of carbonyl (C=O) groups is 1. The summed E-state index contributed by atoms with van der Waals surface area (Å²) in [4.78, 5) is 12.6. The van der Waals surface area contributed by atoms with Gasteiger partial charge in [0, 0.05) is 27.7 Å². The monoisotopic (exact) mass is 410 g/mol. The average molecular weight is 412 g/mol. The second-order valence-corrected chi connectivity index (χ2v) is 7.32. The summed E-state index contributed by atoms with van der Waals surface area (Å²) >= 11 is 3.39. The van der Waals surface area contributed by atoms with Gasteiger partial charge in [-0.3, -0.25) is 4.79 Å². The van der Waals surface area contributed by atoms with Crippen molar-refractivity contribution in [3.05, 3.63) is 58.1 Å². The Morgan fingerprint density at radius 2 is 2.04 bits per heavy atom. The Labute approximate surface area is 156 Å². The molecular weight excluding hydrogens is 392 g/mol. The molecule has 128 valence electrons. The van der Waals surface area contributed by atoms with Gasteiger partial charge in [-0.1, -0.05) is 22.0 Å². The fraction of sp³-hybridized carbons (Fsp3) is 0.278. The van der Waals surface area contributed by atoms with Crippen molar-refractivity contribution in [1.82, 2.24) is 5.32 Å². The largest absolute Gasteiger partial charge is 0.487 e. The minimum absolute atomic E-state index is 0. The lowest BCUT2D eigenvalue weighted by Crippen LogP contribution is -2.41. The molecule has 1 heterocycles. The molecule has 0 aliphatic carbocycles. The number of nitrogens with one attached hydrogen (secondary N) is 1. The number of ether oxygens (including phenoxy) is 1. The summed E-state index contributed by atoms with van der Waals surface area (Å²) in [7, 11) is 0. The van der Waals surface area contributed by atoms with Gasteiger partial charge >= 0.3 is 0 Å². The summed E-state index contributed by atoms with van der Waals surface area (Å²) in [5.41, 5.74) is 7.75. The first kappa shape index (κ1) is 18.6. The van der Waals surface area contributed by atoms with E-state index in [1.54, 1.807) is 12.1 Å². The number of carbonyl (C=O) groups excluding carboxylic acids is 1. The highest BCUT2D eigenvalue weighted by Gasteiger charge is 2.34. The maximum absolute atomic E-state index is 12.6. The van der Waals surface area contributed by atoms with Gasteiger partial charge in [0.25, 0.3) is 5.91 Å². The van der Waals surface area contributed by atoms with Crippen LogP contribution in [0.1, 0.15) is 42.2 Å². The molecule has 0 aromatic heterocycles. The molecule has 1 unspecified atom stereocenters. The SMILES string of the molecule is CC1(C)CC(NC(=O)c2cccc(Br)c2)c2cc(N)ccc2O1.Cl. The summed E-state index contributed by atoms with van der Waals surface area (Å²) in [6.45, 7) is 4.04. The van der Waals surface area contributed by atoms with Gasteiger partial charge in [-0.15, -0.1) is 12.4 Å². The zero-order valence-corrected chi connectivity index (χ0v) is 15.9. The number of fused-ring (bicyclic) bond motifs is 1. The van der Waals surface area contributed by atoms with E-state index in [1.807, 2.05) is 44.2 Å². The lowest BCUT2D eigenvalue weighted by Gasteiger charge is -2.38. The third kappa shape index (κ3) is 4.02. The van der Waals surface area contributed by atoms with Crippen LogP contribution in [0.15, 0.2) is 46.9 Å². The van der Waals surface area contributed by atoms with Crippen molar-refractivity contribution in [2.75, 3.05) is 5.73 Å². The maximum Gasteiger partial charge on any atom is 0.251 e. The summed E-state index contributed by atoms with van der Waals surface area (Å²) in [6, 6.07) is 12.8. The Kier molecular flexibility index (Phi) is 5.45. The number of hydrogen-bond acceptors (Lipinski definition) is 3. The van der Waals surface area contributed by atoms with Crippen LogP contribution < -0.4 is 15.8 Å². The molecule has 3 N–H and O–H groups in total. The maximum atomic E-state index is 12.6. The molecule has 4 nitrogen and oxygen atoms in total. The number of anilines is 1. The molecule has 1 amide bonds. The minimum Gasteiger partial charge on any atom is -0.487 e. The van der Waals surface area contributed by atoms with Gasteiger partial charge in [0.1, 0.15) is 11.4 Å². The second kappa shape index (κ2) is 7.03. The number of hydrogen-bond donors (Lipinski definition) is 2. The van der Waals surface area contributed by atoms with E-state index in [-0.39, 0.29) is 30.0 Å². The number of nitrogen functional groups attached to an aromatic ring is 1. The molecule has 0 saturated heterocycles. The predicted molar refractivity (Wildman–Crippen MR) is 102 cm³/mol. The van der Waals surface area contributed by atoms with Gasteiger partial charge in [0.15, 0.2) is 0 Å². The first-order valence-corrected chi connectivity index (χ1v) is 8.28. The molecule has 0 fully saturated rings. The lowest BCUT2D eigenvalue weighted by atomic mass is 9.89. The van der Waals surface area contributed by atoms with Crippen LogP contribution >= 0.6 is 28.3 Å². The Morgan fingerprint density at radius 3 is 2.75 bits per heavy atom. The average Bonchev–Trinajstić information content (AvgIpc) is 2.47. The van der Waals surface area contributed by atoms with Crippen LogP contribution in [0.2, 0.25) is 0 Å². The van der Waals surface area contributed by atoms with Gasteiger partial charge in [0.2, 0.25) is 0 Å². The fourth-order valence-corrected chi connectivity index (χ4v) is 3.27. The Morgan fingerprint density at radius 1 is 1.29 bits per heavy atom. The molecule has 0 radical (unpaired) electrons. The van der Waals surface area contributed by atoms with Crippen LogP contribution in [0.3, 0.4) is 0 Å². The molecule has 24 heavy (non-hydrogen) atoms. The molecule has 1 aliphatic rings. The van der Waals surface area contributed by atoms with Gasteiger partial charge < -0.3 is 15.8 Å². The van der Waals surface area contributed by atoms with Crippen LogP contribution in [0.4, 0.5) is 5.69 Å². The smallest absolute Gasteiger partial charge is 0.251 e. The van der Waals surface area contributed by atoms with Gasteiger partial charge in [-0.05, 0) is 50.2 Å². The highest BCUT2D eigenvalue weighted by atomic mass is 79.9. The molecule has 6 heteroatoms. The Balaban J connectivity index is 0.00000208. The quantitative estimate of drug-likeness (QED) is 0.716. The van der Waals surface area contributed by atoms with Gasteiger partial charge in [0.05, 0.1) is 6.04 Å². The van der Waals surface area contributed by atoms with Crippen molar-refractivity contribution in [3.63, 3.8) is 0 Å². The van der Waals surface area contributed by atoms with Crippen LogP contribution in [0.5, 0.6) is 5.75 Å². The molecule has 0 bridgehead atoms. The summed E-state index contributed by atoms with van der Waals surface area (Å²) in [6.07, 6.45) is 0.684. The molecule has 3 rings (SSSR count). The normalized spacial score (nSPS) is 17.9. The first-order chi connectivity index (χ1) is 10.8. The van der Waals surface area contributed by atoms with Crippen molar-refractivity contribution in [2.45, 2.75) is 31.9 Å². The van der Waals surface area contributed by atoms with E-state index in [4.69, 9.17) is 10.5 Å². The first-order valence-electron chi connectivity index (χ1n) is 7.49. The van der Waals surface area contributed by atoms with Gasteiger partial charge in [-0.25, -0.2) is 0 Å². The highest BCUT2D eigenvalue weighted by molar-refractivity contribution is 9.10. The topological polar surface area (TPSA) is 64.4 Å². The van der Waals surface area contributed by atoms with E-state index in [1.165, 1.54) is 0 Å². The van der Waals surface area contributed by atoms with Crippen molar-refractivity contribution in [1.29, 1.82) is 0 Å². The van der Waals surface area contributed by atoms with Gasteiger partial charge in [-0.2, -0.15) is 0 Å². The van der Waals surface area contributed by atoms with Crippen molar-refractivity contribution in [3.8, 4) is 5.75 Å².